The van der Waals surface area contributed by atoms with E-state index in [0.29, 0.717) is 4.88 Å². The molecule has 2 aromatic rings. The monoisotopic (exact) mass is 277 g/mol. The number of fused-ring (bicyclic) bond motifs is 1. The number of hydrogen-bond acceptors (Lipinski definition) is 5. The van der Waals surface area contributed by atoms with Gasteiger partial charge < -0.3 is 9.26 Å². The highest BCUT2D eigenvalue weighted by molar-refractivity contribution is 7.12. The lowest BCUT2D eigenvalue weighted by Crippen LogP contribution is -2.07. The summed E-state index contributed by atoms with van der Waals surface area (Å²) < 4.78 is 10.6. The molecule has 1 aliphatic carbocycles. The molecule has 0 aromatic carbocycles. The number of carbonyl (C=O) groups excluding carboxylic acids is 1. The molecule has 0 saturated carbocycles. The Kier molecular flexibility index (Phi) is 3.38. The van der Waals surface area contributed by atoms with E-state index in [9.17, 15) is 4.79 Å². The SMILES string of the molecule is Cc1ccsc1C(=O)OCc1noc2c1CCCC2. The highest BCUT2D eigenvalue weighted by Gasteiger charge is 2.21. The molecule has 4 nitrogen and oxygen atoms in total. The fraction of sp³-hybridized carbons (Fsp3) is 0.429. The summed E-state index contributed by atoms with van der Waals surface area (Å²) in [5.41, 5.74) is 2.87. The van der Waals surface area contributed by atoms with Gasteiger partial charge in [-0.05, 0) is 43.2 Å². The quantitative estimate of drug-likeness (QED) is 0.808. The van der Waals surface area contributed by atoms with E-state index in [1.54, 1.807) is 0 Å². The number of nitrogens with zero attached hydrogens (tertiary/aromatic N) is 1. The van der Waals surface area contributed by atoms with Gasteiger partial charge in [-0.3, -0.25) is 0 Å². The lowest BCUT2D eigenvalue weighted by molar-refractivity contribution is 0.0468. The van der Waals surface area contributed by atoms with Crippen molar-refractivity contribution in [3.63, 3.8) is 0 Å². The molecule has 0 bridgehead atoms. The maximum absolute atomic E-state index is 11.9. The summed E-state index contributed by atoms with van der Waals surface area (Å²) in [5.74, 6) is 0.685. The number of ether oxygens (including phenoxy) is 1. The molecule has 2 heterocycles. The number of thiophene rings is 1. The number of hydrogen-bond donors (Lipinski definition) is 0. The van der Waals surface area contributed by atoms with Crippen LogP contribution in [0.25, 0.3) is 0 Å². The van der Waals surface area contributed by atoms with E-state index in [-0.39, 0.29) is 12.6 Å². The molecule has 0 unspecified atom stereocenters. The first-order valence-corrected chi connectivity index (χ1v) is 7.31. The Balaban J connectivity index is 1.68. The van der Waals surface area contributed by atoms with Crippen molar-refractivity contribution in [2.24, 2.45) is 0 Å². The van der Waals surface area contributed by atoms with Crippen LogP contribution < -0.4 is 0 Å². The minimum atomic E-state index is -0.278. The number of rotatable bonds is 3. The van der Waals surface area contributed by atoms with Crippen molar-refractivity contribution in [1.29, 1.82) is 0 Å². The molecule has 0 N–H and O–H groups in total. The summed E-state index contributed by atoms with van der Waals surface area (Å²) in [4.78, 5) is 12.6. The molecule has 0 radical (unpaired) electrons. The zero-order valence-corrected chi connectivity index (χ0v) is 11.6. The van der Waals surface area contributed by atoms with Crippen LogP contribution in [-0.4, -0.2) is 11.1 Å². The van der Waals surface area contributed by atoms with Crippen LogP contribution in [0.4, 0.5) is 0 Å². The van der Waals surface area contributed by atoms with E-state index in [4.69, 9.17) is 9.26 Å². The fourth-order valence-electron chi connectivity index (χ4n) is 2.34. The van der Waals surface area contributed by atoms with E-state index in [1.165, 1.54) is 11.3 Å². The van der Waals surface area contributed by atoms with Gasteiger partial charge in [-0.15, -0.1) is 11.3 Å². The summed E-state index contributed by atoms with van der Waals surface area (Å²) in [6.45, 7) is 2.11. The Bertz CT molecular complexity index is 600. The summed E-state index contributed by atoms with van der Waals surface area (Å²) in [6.07, 6.45) is 4.22. The minimum absolute atomic E-state index is 0.203. The highest BCUT2D eigenvalue weighted by atomic mass is 32.1. The second-order valence-electron chi connectivity index (χ2n) is 4.75. The summed E-state index contributed by atoms with van der Waals surface area (Å²) in [6, 6.07) is 1.92. The minimum Gasteiger partial charge on any atom is -0.455 e. The topological polar surface area (TPSA) is 52.3 Å². The zero-order chi connectivity index (χ0) is 13.2. The van der Waals surface area contributed by atoms with Crippen LogP contribution in [0.3, 0.4) is 0 Å². The van der Waals surface area contributed by atoms with Gasteiger partial charge in [0.1, 0.15) is 22.9 Å². The molecule has 19 heavy (non-hydrogen) atoms. The van der Waals surface area contributed by atoms with Crippen molar-refractivity contribution >= 4 is 17.3 Å². The second kappa shape index (κ2) is 5.17. The lowest BCUT2D eigenvalue weighted by atomic mass is 9.97. The van der Waals surface area contributed by atoms with E-state index >= 15 is 0 Å². The molecule has 3 rings (SSSR count). The normalized spacial score (nSPS) is 14.2. The van der Waals surface area contributed by atoms with Crippen LogP contribution in [0, 0.1) is 6.92 Å². The molecule has 2 aromatic heterocycles. The Morgan fingerprint density at radius 2 is 2.32 bits per heavy atom. The van der Waals surface area contributed by atoms with Gasteiger partial charge >= 0.3 is 5.97 Å². The van der Waals surface area contributed by atoms with Gasteiger partial charge in [0.25, 0.3) is 0 Å². The highest BCUT2D eigenvalue weighted by Crippen LogP contribution is 2.25. The molecule has 0 spiro atoms. The van der Waals surface area contributed by atoms with Gasteiger partial charge in [-0.25, -0.2) is 4.79 Å². The molecular weight excluding hydrogens is 262 g/mol. The van der Waals surface area contributed by atoms with Crippen LogP contribution in [0.5, 0.6) is 0 Å². The number of aromatic nitrogens is 1. The van der Waals surface area contributed by atoms with Gasteiger partial charge in [0.15, 0.2) is 0 Å². The van der Waals surface area contributed by atoms with Crippen molar-refractivity contribution in [3.8, 4) is 0 Å². The summed E-state index contributed by atoms with van der Waals surface area (Å²) in [7, 11) is 0. The molecule has 0 fully saturated rings. The predicted molar refractivity (Wildman–Crippen MR) is 71.3 cm³/mol. The van der Waals surface area contributed by atoms with Gasteiger partial charge in [0.05, 0.1) is 0 Å². The Labute approximate surface area is 115 Å². The molecule has 100 valence electrons. The third-order valence-corrected chi connectivity index (χ3v) is 4.42. The van der Waals surface area contributed by atoms with Crippen molar-refractivity contribution in [1.82, 2.24) is 5.16 Å². The van der Waals surface area contributed by atoms with Crippen LogP contribution >= 0.6 is 11.3 Å². The fourth-order valence-corrected chi connectivity index (χ4v) is 3.16. The van der Waals surface area contributed by atoms with Crippen molar-refractivity contribution < 1.29 is 14.1 Å². The largest absolute Gasteiger partial charge is 0.455 e. The number of carbonyl (C=O) groups is 1. The van der Waals surface area contributed by atoms with Gasteiger partial charge in [0, 0.05) is 12.0 Å². The average molecular weight is 277 g/mol. The van der Waals surface area contributed by atoms with E-state index in [1.807, 2.05) is 18.4 Å². The average Bonchev–Trinajstić information content (AvgIpc) is 3.02. The molecular formula is C14H15NO3S. The predicted octanol–water partition coefficient (Wildman–Crippen LogP) is 3.28. The van der Waals surface area contributed by atoms with Gasteiger partial charge in [-0.1, -0.05) is 5.16 Å². The van der Waals surface area contributed by atoms with Gasteiger partial charge in [-0.2, -0.15) is 0 Å². The summed E-state index contributed by atoms with van der Waals surface area (Å²) >= 11 is 1.41. The smallest absolute Gasteiger partial charge is 0.348 e. The van der Waals surface area contributed by atoms with E-state index in [2.05, 4.69) is 5.16 Å². The Morgan fingerprint density at radius 1 is 1.47 bits per heavy atom. The maximum Gasteiger partial charge on any atom is 0.348 e. The standard InChI is InChI=1S/C14H15NO3S/c1-9-6-7-19-13(9)14(16)17-8-11-10-4-2-3-5-12(10)18-15-11/h6-7H,2-5,8H2,1H3. The third kappa shape index (κ3) is 2.42. The molecule has 5 heteroatoms. The first-order valence-electron chi connectivity index (χ1n) is 6.43. The Morgan fingerprint density at radius 3 is 3.11 bits per heavy atom. The van der Waals surface area contributed by atoms with Crippen LogP contribution in [0.1, 0.15) is 45.1 Å². The van der Waals surface area contributed by atoms with Crippen LogP contribution in [0.15, 0.2) is 16.0 Å². The first-order chi connectivity index (χ1) is 9.25. The van der Waals surface area contributed by atoms with Crippen LogP contribution in [0.2, 0.25) is 0 Å². The Hall–Kier alpha value is -1.62. The molecule has 1 aliphatic rings. The zero-order valence-electron chi connectivity index (χ0n) is 10.8. The molecule has 0 saturated heterocycles. The molecule has 0 amide bonds. The first kappa shape index (κ1) is 12.4. The second-order valence-corrected chi connectivity index (χ2v) is 5.66. The van der Waals surface area contributed by atoms with E-state index < -0.39 is 0 Å². The molecule has 0 atom stereocenters. The maximum atomic E-state index is 11.9. The van der Waals surface area contributed by atoms with Crippen LogP contribution in [-0.2, 0) is 24.2 Å². The number of aryl methyl sites for hydroxylation is 2. The van der Waals surface area contributed by atoms with E-state index in [0.717, 1.165) is 48.3 Å². The summed E-state index contributed by atoms with van der Waals surface area (Å²) in [5, 5.41) is 5.92. The molecule has 0 aliphatic heterocycles. The third-order valence-electron chi connectivity index (χ3n) is 3.42. The van der Waals surface area contributed by atoms with Crippen molar-refractivity contribution in [2.45, 2.75) is 39.2 Å². The lowest BCUT2D eigenvalue weighted by Gasteiger charge is -2.09. The number of esters is 1. The van der Waals surface area contributed by atoms with Gasteiger partial charge in [0.2, 0.25) is 0 Å². The van der Waals surface area contributed by atoms with Crippen molar-refractivity contribution in [3.05, 3.63) is 38.9 Å². The van der Waals surface area contributed by atoms with Crippen molar-refractivity contribution in [2.75, 3.05) is 0 Å².